The van der Waals surface area contributed by atoms with Crippen LogP contribution in [0.25, 0.3) is 5.65 Å². The molecule has 47 heavy (non-hydrogen) atoms. The first kappa shape index (κ1) is 34.8. The van der Waals surface area contributed by atoms with Crippen LogP contribution in [0.1, 0.15) is 57.7 Å². The van der Waals surface area contributed by atoms with Gasteiger partial charge in [-0.15, -0.1) is 0 Å². The van der Waals surface area contributed by atoms with Gasteiger partial charge in [-0.05, 0) is 31.4 Å². The molecule has 2 heterocycles. The minimum absolute atomic E-state index is 0.226. The number of nitrogens with zero attached hydrogens (tertiary/aromatic N) is 2. The van der Waals surface area contributed by atoms with Crippen LogP contribution >= 0.6 is 12.2 Å². The van der Waals surface area contributed by atoms with Gasteiger partial charge in [0.15, 0.2) is 0 Å². The van der Waals surface area contributed by atoms with Gasteiger partial charge < -0.3 is 30.1 Å². The highest BCUT2D eigenvalue weighted by Crippen LogP contribution is 2.38. The van der Waals surface area contributed by atoms with Gasteiger partial charge in [0.1, 0.15) is 16.8 Å². The van der Waals surface area contributed by atoms with Gasteiger partial charge in [-0.2, -0.15) is 0 Å². The van der Waals surface area contributed by atoms with Crippen molar-refractivity contribution in [1.82, 2.24) is 14.7 Å². The predicted molar refractivity (Wildman–Crippen MR) is 173 cm³/mol. The van der Waals surface area contributed by atoms with E-state index >= 15 is 0 Å². The number of carboxylic acid groups (broad SMARTS) is 2. The number of hydrogen-bond acceptors (Lipinski definition) is 9. The average molecular weight is 660 g/mol. The number of carbonyl (C=O) groups is 5. The third-order valence-corrected chi connectivity index (χ3v) is 8.78. The van der Waals surface area contributed by atoms with Gasteiger partial charge in [-0.25, -0.2) is 14.6 Å². The van der Waals surface area contributed by atoms with Crippen molar-refractivity contribution < 1.29 is 44.4 Å². The van der Waals surface area contributed by atoms with Gasteiger partial charge in [0.05, 0.1) is 10.7 Å². The summed E-state index contributed by atoms with van der Waals surface area (Å²) in [5.41, 5.74) is -6.53. The van der Waals surface area contributed by atoms with Crippen LogP contribution in [0, 0.1) is 6.92 Å². The Bertz CT molecular complexity index is 1780. The number of nitrogens with one attached hydrogen (secondary N) is 1. The molecule has 0 bridgehead atoms. The molecule has 5 rings (SSSR count). The summed E-state index contributed by atoms with van der Waals surface area (Å²) < 4.78 is 1.98. The van der Waals surface area contributed by atoms with Crippen LogP contribution in [0.4, 0.5) is 0 Å². The van der Waals surface area contributed by atoms with E-state index in [1.165, 1.54) is 36.4 Å². The normalized spacial score (nSPS) is 18.5. The fourth-order valence-electron chi connectivity index (χ4n) is 5.72. The van der Waals surface area contributed by atoms with Crippen LogP contribution in [-0.2, 0) is 19.8 Å². The van der Waals surface area contributed by atoms with E-state index in [9.17, 15) is 44.4 Å². The lowest BCUT2D eigenvalue weighted by atomic mass is 9.68. The molecule has 5 N–H and O–H groups in total. The van der Waals surface area contributed by atoms with E-state index in [-0.39, 0.29) is 5.78 Å². The SMILES string of the molecule is CNC(=S)C1(c2ccc3nc(C)cn3c2)CCCCC1=O.O=C(O)[C@](O)(C(=O)c1ccccc1)[C@](O)(C(=O)O)C(=O)c1ccccc1. The molecule has 1 aliphatic rings. The monoisotopic (exact) mass is 659 g/mol. The summed E-state index contributed by atoms with van der Waals surface area (Å²) in [6.45, 7) is 1.96. The van der Waals surface area contributed by atoms with Crippen LogP contribution in [-0.4, -0.2) is 82.3 Å². The summed E-state index contributed by atoms with van der Waals surface area (Å²) >= 11 is 5.52. The maximum Gasteiger partial charge on any atom is 0.348 e. The first-order valence-corrected chi connectivity index (χ1v) is 15.0. The summed E-state index contributed by atoms with van der Waals surface area (Å²) in [6, 6.07) is 16.8. The van der Waals surface area contributed by atoms with Crippen molar-refractivity contribution in [3.8, 4) is 0 Å². The Kier molecular flexibility index (Phi) is 10.1. The topological polar surface area (TPSA) is 196 Å². The Balaban J connectivity index is 0.000000217. The molecule has 0 saturated heterocycles. The molecule has 1 fully saturated rings. The van der Waals surface area contributed by atoms with Gasteiger partial charge in [0.25, 0.3) is 11.2 Å². The number of likely N-dealkylation sites (N-methyl/N-ethyl adjacent to an activating group) is 1. The van der Waals surface area contributed by atoms with E-state index in [0.29, 0.717) is 11.4 Å². The summed E-state index contributed by atoms with van der Waals surface area (Å²) in [6.07, 6.45) is 7.34. The molecule has 4 aromatic rings. The second-order valence-corrected chi connectivity index (χ2v) is 11.5. The van der Waals surface area contributed by atoms with Crippen molar-refractivity contribution in [2.45, 2.75) is 49.2 Å². The molecular weight excluding hydrogens is 626 g/mol. The van der Waals surface area contributed by atoms with Crippen LogP contribution in [0.15, 0.2) is 85.2 Å². The molecule has 12 nitrogen and oxygen atoms in total. The molecule has 2 aromatic carbocycles. The highest BCUT2D eigenvalue weighted by molar-refractivity contribution is 7.80. The molecule has 244 valence electrons. The number of benzene rings is 2. The number of rotatable bonds is 9. The minimum Gasteiger partial charge on any atom is -0.479 e. The quantitative estimate of drug-likeness (QED) is 0.100. The molecule has 2 aromatic heterocycles. The maximum absolute atomic E-state index is 12.7. The molecule has 13 heteroatoms. The first-order valence-electron chi connectivity index (χ1n) is 14.6. The molecule has 1 saturated carbocycles. The highest BCUT2D eigenvalue weighted by atomic mass is 32.1. The Hall–Kier alpha value is -5.11. The minimum atomic E-state index is -3.95. The predicted octanol–water partition coefficient (Wildman–Crippen LogP) is 2.95. The van der Waals surface area contributed by atoms with Crippen LogP contribution in [0.2, 0.25) is 0 Å². The van der Waals surface area contributed by atoms with Gasteiger partial charge >= 0.3 is 11.9 Å². The van der Waals surface area contributed by atoms with Crippen molar-refractivity contribution in [2.24, 2.45) is 0 Å². The molecule has 0 aliphatic heterocycles. The van der Waals surface area contributed by atoms with Crippen molar-refractivity contribution in [3.63, 3.8) is 0 Å². The zero-order valence-electron chi connectivity index (χ0n) is 25.5. The van der Waals surface area contributed by atoms with E-state index < -0.39 is 51.2 Å². The molecule has 0 radical (unpaired) electrons. The number of ketones is 3. The fourth-order valence-corrected chi connectivity index (χ4v) is 6.05. The summed E-state index contributed by atoms with van der Waals surface area (Å²) in [5, 5.41) is 42.9. The smallest absolute Gasteiger partial charge is 0.348 e. The Labute approximate surface area is 274 Å². The van der Waals surface area contributed by atoms with Gasteiger partial charge in [-0.3, -0.25) is 14.4 Å². The molecule has 1 aliphatic carbocycles. The number of hydrogen-bond donors (Lipinski definition) is 5. The second-order valence-electron chi connectivity index (χ2n) is 11.1. The van der Waals surface area contributed by atoms with E-state index in [1.807, 2.05) is 35.9 Å². The number of carboxylic acids is 2. The highest BCUT2D eigenvalue weighted by Gasteiger charge is 2.69. The van der Waals surface area contributed by atoms with Crippen LogP contribution < -0.4 is 5.32 Å². The lowest BCUT2D eigenvalue weighted by Gasteiger charge is -2.36. The number of imidazole rings is 1. The second kappa shape index (κ2) is 13.7. The molecule has 1 unspecified atom stereocenters. The Morgan fingerprint density at radius 1 is 0.830 bits per heavy atom. The van der Waals surface area contributed by atoms with Crippen LogP contribution in [0.5, 0.6) is 0 Å². The molecule has 0 amide bonds. The van der Waals surface area contributed by atoms with Crippen molar-refractivity contribution in [2.75, 3.05) is 7.05 Å². The van der Waals surface area contributed by atoms with E-state index in [2.05, 4.69) is 10.3 Å². The maximum atomic E-state index is 12.7. The fraction of sp³-hybridized carbons (Fsp3) is 0.265. The zero-order chi connectivity index (χ0) is 34.6. The third-order valence-electron chi connectivity index (χ3n) is 8.23. The molecular formula is C34H33N3O9S. The largest absolute Gasteiger partial charge is 0.479 e. The summed E-state index contributed by atoms with van der Waals surface area (Å²) in [4.78, 5) is 66.3. The van der Waals surface area contributed by atoms with Gasteiger partial charge in [0.2, 0.25) is 11.6 Å². The summed E-state index contributed by atoms with van der Waals surface area (Å²) in [7, 11) is 1.80. The van der Waals surface area contributed by atoms with E-state index in [0.717, 1.165) is 60.4 Å². The van der Waals surface area contributed by atoms with Crippen molar-refractivity contribution in [3.05, 3.63) is 108 Å². The number of aliphatic carboxylic acids is 2. The standard InChI is InChI=1S/C18H14O8.C16H19N3OS/c19-13(11-7-3-1-4-8-11)17(25,15(21)22)18(26,16(23)24)14(20)12-9-5-2-6-10-12;1-11-9-19-10-12(6-7-14(19)18-11)16(15(21)17-2)8-4-3-5-13(16)20/h1-10,25-26H,(H,21,22)(H,23,24);6-7,9-10H,3-5,8H2,1-2H3,(H,17,21)/t17-,18-;/m1./s1. The number of aryl methyl sites for hydroxylation is 1. The zero-order valence-corrected chi connectivity index (χ0v) is 26.4. The van der Waals surface area contributed by atoms with Crippen molar-refractivity contribution in [1.29, 1.82) is 0 Å². The molecule has 0 spiro atoms. The number of fused-ring (bicyclic) bond motifs is 1. The van der Waals surface area contributed by atoms with Crippen molar-refractivity contribution >= 4 is 52.1 Å². The number of pyridine rings is 1. The number of carbonyl (C=O) groups excluding carboxylic acids is 3. The summed E-state index contributed by atoms with van der Waals surface area (Å²) in [5.74, 6) is -7.80. The average Bonchev–Trinajstić information content (AvgIpc) is 3.47. The van der Waals surface area contributed by atoms with Gasteiger partial charge in [0, 0.05) is 37.0 Å². The first-order chi connectivity index (χ1) is 22.2. The lowest BCUT2D eigenvalue weighted by molar-refractivity contribution is -0.187. The number of thiocarbonyl (C=S) groups is 1. The number of aliphatic hydroxyl groups is 2. The number of aromatic nitrogens is 2. The van der Waals surface area contributed by atoms with E-state index in [4.69, 9.17) is 12.2 Å². The lowest BCUT2D eigenvalue weighted by Crippen LogP contribution is -2.71. The van der Waals surface area contributed by atoms with E-state index in [1.54, 1.807) is 7.05 Å². The Morgan fingerprint density at radius 2 is 1.34 bits per heavy atom. The Morgan fingerprint density at radius 3 is 1.79 bits per heavy atom. The van der Waals surface area contributed by atoms with Gasteiger partial charge in [-0.1, -0.05) is 85.4 Å². The number of Topliss-reactive ketones (excluding diaryl/α,β-unsaturated/α-hetero) is 3. The van der Waals surface area contributed by atoms with Crippen LogP contribution in [0.3, 0.4) is 0 Å². The third kappa shape index (κ3) is 6.08. The molecule has 3 atom stereocenters.